The fraction of sp³-hybridized carbons (Fsp3) is 0.611. The van der Waals surface area contributed by atoms with Gasteiger partial charge in [0.05, 0.1) is 0 Å². The maximum atomic E-state index is 5.90. The summed E-state index contributed by atoms with van der Waals surface area (Å²) < 4.78 is 5.34. The van der Waals surface area contributed by atoms with Crippen molar-refractivity contribution >= 4 is 5.90 Å². The quantitative estimate of drug-likeness (QED) is 0.619. The first-order valence-electron chi connectivity index (χ1n) is 7.95. The Bertz CT molecular complexity index is 451. The Hall–Kier alpha value is -1.39. The molecule has 1 heterocycles. The van der Waals surface area contributed by atoms with E-state index < -0.39 is 0 Å². The SMILES string of the molecule is CN=C(C)OC(C)(C)C.NC1CNCC(c2ccccc2)C1. The summed E-state index contributed by atoms with van der Waals surface area (Å²) in [6.07, 6.45) is 1.11. The maximum absolute atomic E-state index is 5.90. The van der Waals surface area contributed by atoms with Gasteiger partial charge in [-0.05, 0) is 38.7 Å². The first kappa shape index (κ1) is 18.7. The molecule has 124 valence electrons. The first-order chi connectivity index (χ1) is 10.3. The third kappa shape index (κ3) is 7.57. The number of rotatable bonds is 1. The van der Waals surface area contributed by atoms with Crippen LogP contribution in [0.1, 0.15) is 45.6 Å². The van der Waals surface area contributed by atoms with Crippen molar-refractivity contribution in [2.24, 2.45) is 10.7 Å². The monoisotopic (exact) mass is 305 g/mol. The molecule has 1 aliphatic rings. The average molecular weight is 305 g/mol. The molecule has 1 aromatic carbocycles. The first-order valence-corrected chi connectivity index (χ1v) is 7.95. The van der Waals surface area contributed by atoms with Crippen LogP contribution < -0.4 is 11.1 Å². The van der Waals surface area contributed by atoms with E-state index in [4.69, 9.17) is 10.5 Å². The van der Waals surface area contributed by atoms with Crippen molar-refractivity contribution < 1.29 is 4.74 Å². The van der Waals surface area contributed by atoms with Crippen LogP contribution in [-0.2, 0) is 4.74 Å². The fourth-order valence-electron chi connectivity index (χ4n) is 2.44. The predicted octanol–water partition coefficient (Wildman–Crippen LogP) is 2.94. The van der Waals surface area contributed by atoms with Crippen LogP contribution in [-0.4, -0.2) is 37.7 Å². The van der Waals surface area contributed by atoms with Gasteiger partial charge >= 0.3 is 0 Å². The summed E-state index contributed by atoms with van der Waals surface area (Å²) in [5.41, 5.74) is 7.20. The molecule has 2 unspecified atom stereocenters. The molecule has 0 spiro atoms. The molecule has 0 saturated carbocycles. The Labute approximate surface area is 135 Å². The average Bonchev–Trinajstić information content (AvgIpc) is 2.47. The van der Waals surface area contributed by atoms with Gasteiger partial charge in [0.2, 0.25) is 0 Å². The van der Waals surface area contributed by atoms with Crippen molar-refractivity contribution in [1.82, 2.24) is 5.32 Å². The smallest absolute Gasteiger partial charge is 0.180 e. The normalized spacial score (nSPS) is 22.5. The second-order valence-corrected chi connectivity index (χ2v) is 6.72. The van der Waals surface area contributed by atoms with Crippen molar-refractivity contribution in [1.29, 1.82) is 0 Å². The van der Waals surface area contributed by atoms with E-state index >= 15 is 0 Å². The van der Waals surface area contributed by atoms with Crippen LogP contribution in [0.5, 0.6) is 0 Å². The third-order valence-electron chi connectivity index (χ3n) is 3.42. The molecule has 0 amide bonds. The molecule has 2 rings (SSSR count). The molecular formula is C18H31N3O. The molecule has 1 fully saturated rings. The van der Waals surface area contributed by atoms with Gasteiger partial charge in [0.1, 0.15) is 5.60 Å². The number of benzene rings is 1. The largest absolute Gasteiger partial charge is 0.476 e. The Morgan fingerprint density at radius 1 is 1.23 bits per heavy atom. The van der Waals surface area contributed by atoms with Gasteiger partial charge < -0.3 is 15.8 Å². The van der Waals surface area contributed by atoms with Gasteiger partial charge in [-0.15, -0.1) is 0 Å². The number of nitrogens with zero attached hydrogens (tertiary/aromatic N) is 1. The molecule has 4 nitrogen and oxygen atoms in total. The van der Waals surface area contributed by atoms with Crippen LogP contribution in [0, 0.1) is 0 Å². The molecule has 22 heavy (non-hydrogen) atoms. The van der Waals surface area contributed by atoms with Crippen LogP contribution in [0.3, 0.4) is 0 Å². The lowest BCUT2D eigenvalue weighted by atomic mass is 9.90. The molecule has 0 aliphatic carbocycles. The van der Waals surface area contributed by atoms with E-state index in [0.29, 0.717) is 12.0 Å². The highest BCUT2D eigenvalue weighted by Crippen LogP contribution is 2.21. The third-order valence-corrected chi connectivity index (χ3v) is 3.42. The minimum Gasteiger partial charge on any atom is -0.476 e. The zero-order valence-electron chi connectivity index (χ0n) is 14.6. The minimum atomic E-state index is -0.108. The van der Waals surface area contributed by atoms with Gasteiger partial charge in [-0.3, -0.25) is 4.99 Å². The van der Waals surface area contributed by atoms with Crippen LogP contribution in [0.4, 0.5) is 0 Å². The highest BCUT2D eigenvalue weighted by molar-refractivity contribution is 5.73. The highest BCUT2D eigenvalue weighted by Gasteiger charge is 2.19. The van der Waals surface area contributed by atoms with Gasteiger partial charge in [0, 0.05) is 33.1 Å². The molecule has 4 heteroatoms. The lowest BCUT2D eigenvalue weighted by Gasteiger charge is -2.27. The van der Waals surface area contributed by atoms with Crippen LogP contribution >= 0.6 is 0 Å². The van der Waals surface area contributed by atoms with E-state index in [-0.39, 0.29) is 5.60 Å². The number of nitrogens with two attached hydrogens (primary N) is 1. The lowest BCUT2D eigenvalue weighted by Crippen LogP contribution is -2.43. The summed E-state index contributed by atoms with van der Waals surface area (Å²) in [6, 6.07) is 10.9. The molecule has 0 bridgehead atoms. The van der Waals surface area contributed by atoms with Gasteiger partial charge in [0.15, 0.2) is 5.90 Å². The van der Waals surface area contributed by atoms with E-state index in [0.717, 1.165) is 25.4 Å². The molecule has 0 aromatic heterocycles. The van der Waals surface area contributed by atoms with Crippen LogP contribution in [0.25, 0.3) is 0 Å². The van der Waals surface area contributed by atoms with E-state index in [1.54, 1.807) is 7.05 Å². The number of aliphatic imine (C=N–C) groups is 1. The van der Waals surface area contributed by atoms with E-state index in [1.165, 1.54) is 5.56 Å². The number of hydrogen-bond donors (Lipinski definition) is 2. The molecule has 1 aliphatic heterocycles. The lowest BCUT2D eigenvalue weighted by molar-refractivity contribution is 0.115. The number of ether oxygens (including phenoxy) is 1. The molecule has 0 radical (unpaired) electrons. The Kier molecular flexibility index (Phi) is 7.56. The van der Waals surface area contributed by atoms with E-state index in [9.17, 15) is 0 Å². The summed E-state index contributed by atoms with van der Waals surface area (Å²) in [5, 5.41) is 3.36. The van der Waals surface area contributed by atoms with Crippen LogP contribution in [0.15, 0.2) is 35.3 Å². The molecule has 3 N–H and O–H groups in total. The second kappa shape index (κ2) is 8.91. The Balaban J connectivity index is 0.000000239. The van der Waals surface area contributed by atoms with Crippen molar-refractivity contribution in [2.75, 3.05) is 20.1 Å². The number of piperidine rings is 1. The highest BCUT2D eigenvalue weighted by atomic mass is 16.5. The zero-order chi connectivity index (χ0) is 16.6. The van der Waals surface area contributed by atoms with E-state index in [1.807, 2.05) is 27.7 Å². The molecule has 2 atom stereocenters. The van der Waals surface area contributed by atoms with Gasteiger partial charge in [0.25, 0.3) is 0 Å². The van der Waals surface area contributed by atoms with Crippen molar-refractivity contribution in [3.05, 3.63) is 35.9 Å². The number of hydrogen-bond acceptors (Lipinski definition) is 4. The fourth-order valence-corrected chi connectivity index (χ4v) is 2.44. The zero-order valence-corrected chi connectivity index (χ0v) is 14.6. The minimum absolute atomic E-state index is 0.108. The summed E-state index contributed by atoms with van der Waals surface area (Å²) in [6.45, 7) is 9.89. The van der Waals surface area contributed by atoms with Gasteiger partial charge in [-0.1, -0.05) is 30.3 Å². The van der Waals surface area contributed by atoms with E-state index in [2.05, 4.69) is 40.6 Å². The topological polar surface area (TPSA) is 59.6 Å². The van der Waals surface area contributed by atoms with Gasteiger partial charge in [-0.2, -0.15) is 0 Å². The molecular weight excluding hydrogens is 274 g/mol. The molecule has 1 aromatic rings. The Morgan fingerprint density at radius 3 is 2.32 bits per heavy atom. The Morgan fingerprint density at radius 2 is 1.86 bits per heavy atom. The summed E-state index contributed by atoms with van der Waals surface area (Å²) >= 11 is 0. The van der Waals surface area contributed by atoms with Crippen molar-refractivity contribution in [3.63, 3.8) is 0 Å². The summed E-state index contributed by atoms with van der Waals surface area (Å²) in [7, 11) is 1.72. The van der Waals surface area contributed by atoms with Gasteiger partial charge in [-0.25, -0.2) is 0 Å². The van der Waals surface area contributed by atoms with Crippen LogP contribution in [0.2, 0.25) is 0 Å². The summed E-state index contributed by atoms with van der Waals surface area (Å²) in [5.74, 6) is 1.34. The maximum Gasteiger partial charge on any atom is 0.180 e. The number of nitrogens with one attached hydrogen (secondary N) is 1. The van der Waals surface area contributed by atoms with Crippen molar-refractivity contribution in [3.8, 4) is 0 Å². The molecule has 1 saturated heterocycles. The summed E-state index contributed by atoms with van der Waals surface area (Å²) in [4.78, 5) is 3.87. The second-order valence-electron chi connectivity index (χ2n) is 6.72. The van der Waals surface area contributed by atoms with Crippen molar-refractivity contribution in [2.45, 2.75) is 51.7 Å². The predicted molar refractivity (Wildman–Crippen MR) is 94.5 cm³/mol. The standard InChI is InChI=1S/C11H16N2.C7H15NO/c12-11-6-10(7-13-8-11)9-4-2-1-3-5-9;1-6(8-5)9-7(2,3)4/h1-5,10-11,13H,6-8,12H2;1-5H3.